The molecule has 1 aliphatic heterocycles. The fourth-order valence-corrected chi connectivity index (χ4v) is 3.60. The summed E-state index contributed by atoms with van der Waals surface area (Å²) in [7, 11) is 1.56. The van der Waals surface area contributed by atoms with Crippen LogP contribution in [0.3, 0.4) is 0 Å². The first-order valence-corrected chi connectivity index (χ1v) is 8.23. The van der Waals surface area contributed by atoms with Crippen molar-refractivity contribution in [3.05, 3.63) is 29.6 Å². The summed E-state index contributed by atoms with van der Waals surface area (Å²) in [5.41, 5.74) is 1.25. The second-order valence-electron chi connectivity index (χ2n) is 4.71. The van der Waals surface area contributed by atoms with Crippen LogP contribution < -0.4 is 4.90 Å². The van der Waals surface area contributed by atoms with Crippen LogP contribution in [0.25, 0.3) is 0 Å². The van der Waals surface area contributed by atoms with Gasteiger partial charge in [-0.1, -0.05) is 6.07 Å². The van der Waals surface area contributed by atoms with Gasteiger partial charge in [0.15, 0.2) is 0 Å². The van der Waals surface area contributed by atoms with Crippen molar-refractivity contribution in [1.82, 2.24) is 0 Å². The number of nitrogens with zero attached hydrogens (tertiary/aromatic N) is 1. The lowest BCUT2D eigenvalue weighted by Gasteiger charge is -2.19. The van der Waals surface area contributed by atoms with Crippen LogP contribution in [0.4, 0.5) is 10.1 Å². The Labute approximate surface area is 115 Å². The van der Waals surface area contributed by atoms with Gasteiger partial charge in [-0.25, -0.2) is 12.8 Å². The largest absolute Gasteiger partial charge is 0.312 e. The fourth-order valence-electron chi connectivity index (χ4n) is 2.28. The molecule has 0 bridgehead atoms. The Morgan fingerprint density at radius 1 is 1.47 bits per heavy atom. The third-order valence-electron chi connectivity index (χ3n) is 3.10. The smallest absolute Gasteiger partial charge is 0.232 e. The molecule has 1 aliphatic rings. The second kappa shape index (κ2) is 5.09. The lowest BCUT2D eigenvalue weighted by atomic mass is 10.1. The van der Waals surface area contributed by atoms with Crippen molar-refractivity contribution in [2.24, 2.45) is 5.92 Å². The van der Waals surface area contributed by atoms with Gasteiger partial charge in [0.05, 0.1) is 5.75 Å². The molecule has 1 amide bonds. The van der Waals surface area contributed by atoms with Gasteiger partial charge in [0.25, 0.3) is 0 Å². The molecule has 1 atom stereocenters. The van der Waals surface area contributed by atoms with Crippen molar-refractivity contribution in [2.45, 2.75) is 13.3 Å². The second-order valence-corrected chi connectivity index (χ2v) is 7.53. The van der Waals surface area contributed by atoms with E-state index in [1.807, 2.05) is 0 Å². The Bertz CT molecular complexity index is 617. The monoisotopic (exact) mass is 305 g/mol. The molecule has 4 nitrogen and oxygen atoms in total. The van der Waals surface area contributed by atoms with Crippen LogP contribution in [0.15, 0.2) is 18.2 Å². The Morgan fingerprint density at radius 2 is 2.16 bits per heavy atom. The first-order chi connectivity index (χ1) is 8.76. The third kappa shape index (κ3) is 3.45. The number of benzene rings is 1. The summed E-state index contributed by atoms with van der Waals surface area (Å²) in [5, 5.41) is 0. The molecule has 19 heavy (non-hydrogen) atoms. The SMILES string of the molecule is Cc1ccc(F)cc1N1CC(CS(=O)(=O)Cl)CC1=O. The molecule has 1 saturated heterocycles. The summed E-state index contributed by atoms with van der Waals surface area (Å²) < 4.78 is 35.3. The van der Waals surface area contributed by atoms with Crippen molar-refractivity contribution in [2.75, 3.05) is 17.2 Å². The average molecular weight is 306 g/mol. The van der Waals surface area contributed by atoms with Crippen LogP contribution >= 0.6 is 10.7 Å². The molecule has 0 aromatic heterocycles. The Balaban J connectivity index is 2.23. The molecule has 0 aliphatic carbocycles. The van der Waals surface area contributed by atoms with E-state index in [2.05, 4.69) is 0 Å². The van der Waals surface area contributed by atoms with E-state index in [1.54, 1.807) is 13.0 Å². The van der Waals surface area contributed by atoms with Crippen LogP contribution in [0.2, 0.25) is 0 Å². The Hall–Kier alpha value is -1.14. The number of amides is 1. The number of hydrogen-bond acceptors (Lipinski definition) is 3. The molecule has 0 saturated carbocycles. The minimum atomic E-state index is -3.64. The highest BCUT2D eigenvalue weighted by atomic mass is 35.7. The van der Waals surface area contributed by atoms with E-state index >= 15 is 0 Å². The lowest BCUT2D eigenvalue weighted by molar-refractivity contribution is -0.117. The Morgan fingerprint density at radius 3 is 2.79 bits per heavy atom. The van der Waals surface area contributed by atoms with Gasteiger partial charge in [0.2, 0.25) is 15.0 Å². The zero-order valence-electron chi connectivity index (χ0n) is 10.3. The predicted octanol–water partition coefficient (Wildman–Crippen LogP) is 2.06. The number of anilines is 1. The van der Waals surface area contributed by atoms with E-state index in [0.29, 0.717) is 5.69 Å². The summed E-state index contributed by atoms with van der Waals surface area (Å²) in [6, 6.07) is 4.19. The molecule has 2 rings (SSSR count). The molecular formula is C12H13ClFNO3S. The maximum Gasteiger partial charge on any atom is 0.232 e. The van der Waals surface area contributed by atoms with Crippen molar-refractivity contribution in [3.63, 3.8) is 0 Å². The number of rotatable bonds is 3. The normalized spacial score (nSPS) is 20.1. The number of aryl methyl sites for hydroxylation is 1. The highest BCUT2D eigenvalue weighted by Gasteiger charge is 2.33. The van der Waals surface area contributed by atoms with E-state index in [0.717, 1.165) is 5.56 Å². The first-order valence-electron chi connectivity index (χ1n) is 5.75. The van der Waals surface area contributed by atoms with Gasteiger partial charge >= 0.3 is 0 Å². The summed E-state index contributed by atoms with van der Waals surface area (Å²) in [6.45, 7) is 2.02. The van der Waals surface area contributed by atoms with Gasteiger partial charge in [-0.2, -0.15) is 0 Å². The highest BCUT2D eigenvalue weighted by Crippen LogP contribution is 2.29. The molecule has 1 heterocycles. The summed E-state index contributed by atoms with van der Waals surface area (Å²) >= 11 is 0. The van der Waals surface area contributed by atoms with Crippen LogP contribution in [0.1, 0.15) is 12.0 Å². The van der Waals surface area contributed by atoms with Gasteiger partial charge in [-0.3, -0.25) is 4.79 Å². The highest BCUT2D eigenvalue weighted by molar-refractivity contribution is 8.13. The lowest BCUT2D eigenvalue weighted by Crippen LogP contribution is -2.26. The van der Waals surface area contributed by atoms with Crippen molar-refractivity contribution in [3.8, 4) is 0 Å². The average Bonchev–Trinajstić information content (AvgIpc) is 2.60. The zero-order chi connectivity index (χ0) is 14.2. The van der Waals surface area contributed by atoms with Crippen LogP contribution in [0.5, 0.6) is 0 Å². The molecule has 1 unspecified atom stereocenters. The Kier molecular flexibility index (Phi) is 3.82. The maximum atomic E-state index is 13.2. The van der Waals surface area contributed by atoms with Crippen molar-refractivity contribution >= 4 is 31.3 Å². The van der Waals surface area contributed by atoms with Crippen LogP contribution in [0, 0.1) is 18.7 Å². The number of carbonyl (C=O) groups is 1. The molecule has 0 radical (unpaired) electrons. The van der Waals surface area contributed by atoms with E-state index in [-0.39, 0.29) is 30.5 Å². The summed E-state index contributed by atoms with van der Waals surface area (Å²) in [4.78, 5) is 13.3. The molecule has 104 valence electrons. The van der Waals surface area contributed by atoms with Crippen molar-refractivity contribution < 1.29 is 17.6 Å². The van der Waals surface area contributed by atoms with E-state index in [9.17, 15) is 17.6 Å². The van der Waals surface area contributed by atoms with E-state index in [1.165, 1.54) is 17.0 Å². The van der Waals surface area contributed by atoms with Crippen LogP contribution in [-0.2, 0) is 13.8 Å². The number of halogens is 2. The molecule has 1 aromatic rings. The summed E-state index contributed by atoms with van der Waals surface area (Å²) in [5.74, 6) is -1.23. The minimum Gasteiger partial charge on any atom is -0.312 e. The van der Waals surface area contributed by atoms with Gasteiger partial charge in [0, 0.05) is 35.3 Å². The summed E-state index contributed by atoms with van der Waals surface area (Å²) in [6.07, 6.45) is 0.113. The zero-order valence-corrected chi connectivity index (χ0v) is 11.8. The van der Waals surface area contributed by atoms with Crippen molar-refractivity contribution in [1.29, 1.82) is 0 Å². The van der Waals surface area contributed by atoms with Gasteiger partial charge in [-0.15, -0.1) is 0 Å². The fraction of sp³-hybridized carbons (Fsp3) is 0.417. The third-order valence-corrected chi connectivity index (χ3v) is 4.35. The van der Waals surface area contributed by atoms with E-state index < -0.39 is 14.9 Å². The number of carbonyl (C=O) groups excluding carboxylic acids is 1. The van der Waals surface area contributed by atoms with Gasteiger partial charge in [0.1, 0.15) is 5.82 Å². The molecule has 1 fully saturated rings. The number of hydrogen-bond donors (Lipinski definition) is 0. The standard InChI is InChI=1S/C12H13ClFNO3S/c1-8-2-3-10(14)5-11(8)15-6-9(4-12(15)16)7-19(13,17)18/h2-3,5,9H,4,6-7H2,1H3. The molecular weight excluding hydrogens is 293 g/mol. The van der Waals surface area contributed by atoms with Gasteiger partial charge < -0.3 is 4.90 Å². The topological polar surface area (TPSA) is 54.5 Å². The molecule has 0 N–H and O–H groups in total. The molecule has 1 aromatic carbocycles. The predicted molar refractivity (Wildman–Crippen MR) is 71.2 cm³/mol. The van der Waals surface area contributed by atoms with E-state index in [4.69, 9.17) is 10.7 Å². The minimum absolute atomic E-state index is 0.113. The molecule has 0 spiro atoms. The first kappa shape index (κ1) is 14.3. The molecule has 7 heteroatoms. The van der Waals surface area contributed by atoms with Crippen LogP contribution in [-0.4, -0.2) is 26.6 Å². The van der Waals surface area contributed by atoms with Gasteiger partial charge in [-0.05, 0) is 24.6 Å². The quantitative estimate of drug-likeness (QED) is 0.803. The maximum absolute atomic E-state index is 13.2.